The molecule has 0 saturated heterocycles. The van der Waals surface area contributed by atoms with E-state index in [4.69, 9.17) is 5.73 Å². The largest absolute Gasteiger partial charge is 0.465 e. The van der Waals surface area contributed by atoms with Crippen LogP contribution in [-0.4, -0.2) is 19.0 Å². The van der Waals surface area contributed by atoms with Gasteiger partial charge in [0.15, 0.2) is 0 Å². The Kier molecular flexibility index (Phi) is 4.59. The SMILES string of the molecule is COC(=O)c1cccc(NC(=O)c2cc(N)cc(Br)c2)c1. The summed E-state index contributed by atoms with van der Waals surface area (Å²) in [5, 5.41) is 2.71. The number of ether oxygens (including phenoxy) is 1. The molecule has 0 aliphatic rings. The Morgan fingerprint density at radius 2 is 1.90 bits per heavy atom. The van der Waals surface area contributed by atoms with Crippen molar-refractivity contribution in [1.29, 1.82) is 0 Å². The molecule has 0 fully saturated rings. The van der Waals surface area contributed by atoms with E-state index in [-0.39, 0.29) is 5.91 Å². The summed E-state index contributed by atoms with van der Waals surface area (Å²) in [6.07, 6.45) is 0. The number of carbonyl (C=O) groups is 2. The number of methoxy groups -OCH3 is 1. The lowest BCUT2D eigenvalue weighted by Gasteiger charge is -2.08. The van der Waals surface area contributed by atoms with Crippen molar-refractivity contribution in [2.45, 2.75) is 0 Å². The lowest BCUT2D eigenvalue weighted by molar-refractivity contribution is 0.0600. The van der Waals surface area contributed by atoms with Gasteiger partial charge in [-0.15, -0.1) is 0 Å². The number of nitrogens with two attached hydrogens (primary N) is 1. The summed E-state index contributed by atoms with van der Waals surface area (Å²) < 4.78 is 5.36. The Bertz CT molecular complexity index is 681. The number of nitrogen functional groups attached to an aromatic ring is 1. The predicted octanol–water partition coefficient (Wildman–Crippen LogP) is 3.07. The van der Waals surface area contributed by atoms with E-state index in [1.54, 1.807) is 42.5 Å². The smallest absolute Gasteiger partial charge is 0.337 e. The molecule has 0 unspecified atom stereocenters. The number of esters is 1. The van der Waals surface area contributed by atoms with Crippen LogP contribution in [0.15, 0.2) is 46.9 Å². The summed E-state index contributed by atoms with van der Waals surface area (Å²) in [5.74, 6) is -0.775. The van der Waals surface area contributed by atoms with E-state index in [9.17, 15) is 9.59 Å². The van der Waals surface area contributed by atoms with Crippen LogP contribution in [-0.2, 0) is 4.74 Å². The van der Waals surface area contributed by atoms with Gasteiger partial charge in [-0.3, -0.25) is 4.79 Å². The number of carbonyl (C=O) groups excluding carboxylic acids is 2. The Balaban J connectivity index is 2.21. The number of hydrogen-bond donors (Lipinski definition) is 2. The van der Waals surface area contributed by atoms with Crippen molar-refractivity contribution in [3.05, 3.63) is 58.1 Å². The molecule has 0 atom stereocenters. The number of benzene rings is 2. The molecule has 0 aliphatic carbocycles. The van der Waals surface area contributed by atoms with Crippen LogP contribution in [0, 0.1) is 0 Å². The maximum Gasteiger partial charge on any atom is 0.337 e. The average molecular weight is 349 g/mol. The van der Waals surface area contributed by atoms with Gasteiger partial charge in [-0.1, -0.05) is 22.0 Å². The van der Waals surface area contributed by atoms with Crippen molar-refractivity contribution in [2.75, 3.05) is 18.2 Å². The monoisotopic (exact) mass is 348 g/mol. The molecule has 1 amide bonds. The van der Waals surface area contributed by atoms with Crippen LogP contribution in [0.3, 0.4) is 0 Å². The zero-order chi connectivity index (χ0) is 15.4. The van der Waals surface area contributed by atoms with Crippen molar-refractivity contribution in [2.24, 2.45) is 0 Å². The molecule has 2 aromatic rings. The minimum atomic E-state index is -0.460. The highest BCUT2D eigenvalue weighted by molar-refractivity contribution is 9.10. The molecule has 2 aromatic carbocycles. The van der Waals surface area contributed by atoms with Crippen LogP contribution in [0.25, 0.3) is 0 Å². The lowest BCUT2D eigenvalue weighted by Crippen LogP contribution is -2.13. The van der Waals surface area contributed by atoms with Gasteiger partial charge in [-0.2, -0.15) is 0 Å². The van der Waals surface area contributed by atoms with E-state index < -0.39 is 5.97 Å². The quantitative estimate of drug-likeness (QED) is 0.659. The van der Waals surface area contributed by atoms with Crippen LogP contribution in [0.4, 0.5) is 11.4 Å². The highest BCUT2D eigenvalue weighted by Gasteiger charge is 2.10. The van der Waals surface area contributed by atoms with E-state index in [0.717, 1.165) is 4.47 Å². The van der Waals surface area contributed by atoms with Gasteiger partial charge in [-0.05, 0) is 36.4 Å². The van der Waals surface area contributed by atoms with Crippen LogP contribution >= 0.6 is 15.9 Å². The molecular weight excluding hydrogens is 336 g/mol. The molecule has 6 heteroatoms. The van der Waals surface area contributed by atoms with Gasteiger partial charge >= 0.3 is 5.97 Å². The first-order valence-corrected chi connectivity index (χ1v) is 6.84. The highest BCUT2D eigenvalue weighted by Crippen LogP contribution is 2.19. The predicted molar refractivity (Wildman–Crippen MR) is 84.3 cm³/mol. The fraction of sp³-hybridized carbons (Fsp3) is 0.0667. The third-order valence-corrected chi connectivity index (χ3v) is 3.18. The van der Waals surface area contributed by atoms with Crippen molar-refractivity contribution < 1.29 is 14.3 Å². The lowest BCUT2D eigenvalue weighted by atomic mass is 10.1. The van der Waals surface area contributed by atoms with E-state index in [1.165, 1.54) is 7.11 Å². The van der Waals surface area contributed by atoms with E-state index >= 15 is 0 Å². The topological polar surface area (TPSA) is 81.4 Å². The van der Waals surface area contributed by atoms with Gasteiger partial charge < -0.3 is 15.8 Å². The summed E-state index contributed by atoms with van der Waals surface area (Å²) in [7, 11) is 1.30. The summed E-state index contributed by atoms with van der Waals surface area (Å²) in [6.45, 7) is 0. The molecule has 0 saturated carbocycles. The summed E-state index contributed by atoms with van der Waals surface area (Å²) >= 11 is 3.29. The summed E-state index contributed by atoms with van der Waals surface area (Å²) in [6, 6.07) is 11.4. The minimum absolute atomic E-state index is 0.315. The molecule has 5 nitrogen and oxygen atoms in total. The standard InChI is InChI=1S/C15H13BrN2O3/c1-21-15(20)9-3-2-4-13(7-9)18-14(19)10-5-11(16)8-12(17)6-10/h2-8H,17H2,1H3,(H,18,19). The molecule has 0 bridgehead atoms. The first-order valence-electron chi connectivity index (χ1n) is 6.05. The molecule has 2 rings (SSSR count). The number of rotatable bonds is 3. The summed E-state index contributed by atoms with van der Waals surface area (Å²) in [4.78, 5) is 23.6. The van der Waals surface area contributed by atoms with Crippen molar-refractivity contribution in [1.82, 2.24) is 0 Å². The van der Waals surface area contributed by atoms with Gasteiger partial charge in [-0.25, -0.2) is 4.79 Å². The van der Waals surface area contributed by atoms with Crippen LogP contribution in [0.1, 0.15) is 20.7 Å². The molecule has 21 heavy (non-hydrogen) atoms. The Morgan fingerprint density at radius 3 is 2.57 bits per heavy atom. The molecule has 3 N–H and O–H groups in total. The van der Waals surface area contributed by atoms with Crippen LogP contribution in [0.5, 0.6) is 0 Å². The second kappa shape index (κ2) is 6.41. The Labute approximate surface area is 130 Å². The minimum Gasteiger partial charge on any atom is -0.465 e. The van der Waals surface area contributed by atoms with Gasteiger partial charge in [0.2, 0.25) is 0 Å². The molecule has 0 spiro atoms. The van der Waals surface area contributed by atoms with Gasteiger partial charge in [0, 0.05) is 21.4 Å². The van der Waals surface area contributed by atoms with Crippen LogP contribution < -0.4 is 11.1 Å². The molecule has 108 valence electrons. The maximum atomic E-state index is 12.2. The normalized spacial score (nSPS) is 10.0. The zero-order valence-electron chi connectivity index (χ0n) is 11.2. The Morgan fingerprint density at radius 1 is 1.14 bits per heavy atom. The van der Waals surface area contributed by atoms with Gasteiger partial charge in [0.25, 0.3) is 5.91 Å². The summed E-state index contributed by atoms with van der Waals surface area (Å²) in [5.41, 5.74) is 7.47. The highest BCUT2D eigenvalue weighted by atomic mass is 79.9. The fourth-order valence-corrected chi connectivity index (χ4v) is 2.30. The number of nitrogens with one attached hydrogen (secondary N) is 1. The van der Waals surface area contributed by atoms with Crippen molar-refractivity contribution >= 4 is 39.2 Å². The van der Waals surface area contributed by atoms with Crippen molar-refractivity contribution in [3.63, 3.8) is 0 Å². The molecule has 0 aliphatic heterocycles. The first kappa shape index (κ1) is 15.1. The van der Waals surface area contributed by atoms with Gasteiger partial charge in [0.05, 0.1) is 12.7 Å². The van der Waals surface area contributed by atoms with E-state index in [0.29, 0.717) is 22.5 Å². The van der Waals surface area contributed by atoms with Crippen molar-refractivity contribution in [3.8, 4) is 0 Å². The number of anilines is 2. The molecule has 0 heterocycles. The maximum absolute atomic E-state index is 12.2. The number of halogens is 1. The average Bonchev–Trinajstić information content (AvgIpc) is 2.45. The second-order valence-corrected chi connectivity index (χ2v) is 5.22. The second-order valence-electron chi connectivity index (χ2n) is 4.30. The molecular formula is C15H13BrN2O3. The Hall–Kier alpha value is -2.34. The van der Waals surface area contributed by atoms with Crippen LogP contribution in [0.2, 0.25) is 0 Å². The molecule has 0 aromatic heterocycles. The van der Waals surface area contributed by atoms with E-state index in [2.05, 4.69) is 26.0 Å². The fourth-order valence-electron chi connectivity index (χ4n) is 1.79. The third-order valence-electron chi connectivity index (χ3n) is 2.72. The third kappa shape index (κ3) is 3.82. The first-order chi connectivity index (χ1) is 9.99. The number of amides is 1. The van der Waals surface area contributed by atoms with Gasteiger partial charge in [0.1, 0.15) is 0 Å². The molecule has 0 radical (unpaired) electrons. The zero-order valence-corrected chi connectivity index (χ0v) is 12.8. The number of hydrogen-bond acceptors (Lipinski definition) is 4. The van der Waals surface area contributed by atoms with E-state index in [1.807, 2.05) is 0 Å².